The van der Waals surface area contributed by atoms with E-state index in [2.05, 4.69) is 11.9 Å². The fourth-order valence-electron chi connectivity index (χ4n) is 1.46. The maximum Gasteiger partial charge on any atom is 0.108 e. The second kappa shape index (κ2) is 4.60. The molecule has 0 fully saturated rings. The number of imidazole rings is 1. The first-order valence-corrected chi connectivity index (χ1v) is 5.25. The van der Waals surface area contributed by atoms with Crippen molar-refractivity contribution in [2.45, 2.75) is 52.2 Å². The Kier molecular flexibility index (Phi) is 3.69. The molecule has 80 valence electrons. The van der Waals surface area contributed by atoms with Crippen LogP contribution < -0.4 is 0 Å². The number of aliphatic hydroxyl groups is 1. The lowest BCUT2D eigenvalue weighted by molar-refractivity contribution is 0.0606. The molecule has 1 rings (SSSR count). The standard InChI is InChI=1S/C11H20N2O/c1-4-5-6-10-12-7-8-13(10)9-11(2,3)14/h7-8,14H,4-6,9H2,1-3H3. The molecule has 0 aromatic carbocycles. The van der Waals surface area contributed by atoms with Crippen LogP contribution in [0.25, 0.3) is 0 Å². The molecule has 0 saturated carbocycles. The first-order valence-electron chi connectivity index (χ1n) is 5.25. The third kappa shape index (κ3) is 3.50. The van der Waals surface area contributed by atoms with Crippen molar-refractivity contribution in [1.29, 1.82) is 0 Å². The minimum atomic E-state index is -0.665. The van der Waals surface area contributed by atoms with E-state index in [0.29, 0.717) is 6.54 Å². The maximum absolute atomic E-state index is 9.69. The van der Waals surface area contributed by atoms with Crippen LogP contribution in [0, 0.1) is 0 Å². The summed E-state index contributed by atoms with van der Waals surface area (Å²) in [6, 6.07) is 0. The summed E-state index contributed by atoms with van der Waals surface area (Å²) in [5, 5.41) is 9.69. The Labute approximate surface area is 85.8 Å². The first-order chi connectivity index (χ1) is 6.53. The molecule has 0 spiro atoms. The zero-order valence-corrected chi connectivity index (χ0v) is 9.32. The molecule has 1 N–H and O–H groups in total. The molecule has 3 nitrogen and oxygen atoms in total. The van der Waals surface area contributed by atoms with Gasteiger partial charge < -0.3 is 9.67 Å². The summed E-state index contributed by atoms with van der Waals surface area (Å²) < 4.78 is 2.04. The van der Waals surface area contributed by atoms with Crippen LogP contribution in [-0.4, -0.2) is 20.3 Å². The molecule has 0 bridgehead atoms. The largest absolute Gasteiger partial charge is 0.389 e. The van der Waals surface area contributed by atoms with Crippen LogP contribution in [0.3, 0.4) is 0 Å². The lowest BCUT2D eigenvalue weighted by atomic mass is 10.1. The van der Waals surface area contributed by atoms with E-state index < -0.39 is 5.60 Å². The van der Waals surface area contributed by atoms with Crippen molar-refractivity contribution in [3.8, 4) is 0 Å². The van der Waals surface area contributed by atoms with E-state index >= 15 is 0 Å². The van der Waals surface area contributed by atoms with Crippen LogP contribution in [0.2, 0.25) is 0 Å². The van der Waals surface area contributed by atoms with Crippen LogP contribution in [-0.2, 0) is 13.0 Å². The number of aryl methyl sites for hydroxylation is 1. The molecule has 1 aromatic heterocycles. The normalized spacial score (nSPS) is 12.0. The third-order valence-electron chi connectivity index (χ3n) is 2.11. The van der Waals surface area contributed by atoms with E-state index in [4.69, 9.17) is 0 Å². The van der Waals surface area contributed by atoms with E-state index in [1.54, 1.807) is 6.20 Å². The number of hydrogen-bond acceptors (Lipinski definition) is 2. The number of nitrogens with zero attached hydrogens (tertiary/aromatic N) is 2. The van der Waals surface area contributed by atoms with Gasteiger partial charge in [0.25, 0.3) is 0 Å². The van der Waals surface area contributed by atoms with Crippen LogP contribution in [0.1, 0.15) is 39.4 Å². The molecule has 0 atom stereocenters. The topological polar surface area (TPSA) is 38.0 Å². The first kappa shape index (κ1) is 11.2. The Morgan fingerprint density at radius 2 is 2.21 bits per heavy atom. The average Bonchev–Trinajstić information content (AvgIpc) is 2.45. The van der Waals surface area contributed by atoms with E-state index in [0.717, 1.165) is 18.7 Å². The van der Waals surface area contributed by atoms with E-state index in [1.165, 1.54) is 6.42 Å². The summed E-state index contributed by atoms with van der Waals surface area (Å²) in [4.78, 5) is 4.29. The van der Waals surface area contributed by atoms with Crippen LogP contribution in [0.4, 0.5) is 0 Å². The monoisotopic (exact) mass is 196 g/mol. The third-order valence-corrected chi connectivity index (χ3v) is 2.11. The van der Waals surface area contributed by atoms with Crippen molar-refractivity contribution in [2.24, 2.45) is 0 Å². The predicted molar refractivity (Wildman–Crippen MR) is 57.1 cm³/mol. The highest BCUT2D eigenvalue weighted by Crippen LogP contribution is 2.09. The lowest BCUT2D eigenvalue weighted by Crippen LogP contribution is -2.26. The molecule has 0 aliphatic carbocycles. The summed E-state index contributed by atoms with van der Waals surface area (Å²) >= 11 is 0. The van der Waals surface area contributed by atoms with E-state index in [9.17, 15) is 5.11 Å². The molecule has 0 radical (unpaired) electrons. The second-order valence-electron chi connectivity index (χ2n) is 4.39. The van der Waals surface area contributed by atoms with Crippen molar-refractivity contribution in [1.82, 2.24) is 9.55 Å². The fourth-order valence-corrected chi connectivity index (χ4v) is 1.46. The van der Waals surface area contributed by atoms with Gasteiger partial charge in [0.05, 0.1) is 12.1 Å². The summed E-state index contributed by atoms with van der Waals surface area (Å²) in [5.74, 6) is 1.08. The Balaban J connectivity index is 2.63. The molecular weight excluding hydrogens is 176 g/mol. The summed E-state index contributed by atoms with van der Waals surface area (Å²) in [7, 11) is 0. The minimum Gasteiger partial charge on any atom is -0.389 e. The molecule has 0 unspecified atom stereocenters. The molecule has 0 aliphatic heterocycles. The summed E-state index contributed by atoms with van der Waals surface area (Å²) in [5.41, 5.74) is -0.665. The van der Waals surface area contributed by atoms with Gasteiger partial charge in [0.2, 0.25) is 0 Å². The second-order valence-corrected chi connectivity index (χ2v) is 4.39. The van der Waals surface area contributed by atoms with Gasteiger partial charge in [-0.15, -0.1) is 0 Å². The Morgan fingerprint density at radius 1 is 1.50 bits per heavy atom. The number of rotatable bonds is 5. The molecular formula is C11H20N2O. The van der Waals surface area contributed by atoms with Gasteiger partial charge in [0.15, 0.2) is 0 Å². The molecule has 0 amide bonds. The predicted octanol–water partition coefficient (Wildman–Crippen LogP) is 2.00. The molecule has 0 aliphatic rings. The average molecular weight is 196 g/mol. The highest BCUT2D eigenvalue weighted by atomic mass is 16.3. The van der Waals surface area contributed by atoms with Crippen molar-refractivity contribution in [3.05, 3.63) is 18.2 Å². The van der Waals surface area contributed by atoms with Gasteiger partial charge in [-0.1, -0.05) is 13.3 Å². The Bertz CT molecular complexity index is 273. The summed E-state index contributed by atoms with van der Waals surface area (Å²) in [6.07, 6.45) is 7.07. The van der Waals surface area contributed by atoms with E-state index in [1.807, 2.05) is 24.6 Å². The highest BCUT2D eigenvalue weighted by molar-refractivity contribution is 4.94. The molecule has 14 heavy (non-hydrogen) atoms. The molecule has 0 saturated heterocycles. The number of hydrogen-bond donors (Lipinski definition) is 1. The van der Waals surface area contributed by atoms with Gasteiger partial charge in [-0.05, 0) is 20.3 Å². The van der Waals surface area contributed by atoms with Crippen LogP contribution in [0.15, 0.2) is 12.4 Å². The smallest absolute Gasteiger partial charge is 0.108 e. The van der Waals surface area contributed by atoms with Gasteiger partial charge in [-0.3, -0.25) is 0 Å². The fraction of sp³-hybridized carbons (Fsp3) is 0.727. The van der Waals surface area contributed by atoms with Crippen molar-refractivity contribution in [2.75, 3.05) is 0 Å². The van der Waals surface area contributed by atoms with Gasteiger partial charge in [0.1, 0.15) is 5.82 Å². The van der Waals surface area contributed by atoms with Gasteiger partial charge in [-0.2, -0.15) is 0 Å². The zero-order chi connectivity index (χ0) is 10.6. The molecule has 3 heteroatoms. The Hall–Kier alpha value is -0.830. The van der Waals surface area contributed by atoms with Crippen LogP contribution in [0.5, 0.6) is 0 Å². The zero-order valence-electron chi connectivity index (χ0n) is 9.32. The number of unbranched alkanes of at least 4 members (excludes halogenated alkanes) is 1. The molecule has 1 heterocycles. The lowest BCUT2D eigenvalue weighted by Gasteiger charge is -2.19. The van der Waals surface area contributed by atoms with Gasteiger partial charge in [-0.25, -0.2) is 4.98 Å². The molecule has 1 aromatic rings. The van der Waals surface area contributed by atoms with E-state index in [-0.39, 0.29) is 0 Å². The number of aromatic nitrogens is 2. The van der Waals surface area contributed by atoms with Gasteiger partial charge >= 0.3 is 0 Å². The van der Waals surface area contributed by atoms with Crippen molar-refractivity contribution < 1.29 is 5.11 Å². The van der Waals surface area contributed by atoms with Crippen molar-refractivity contribution >= 4 is 0 Å². The quantitative estimate of drug-likeness (QED) is 0.782. The Morgan fingerprint density at radius 3 is 2.79 bits per heavy atom. The van der Waals surface area contributed by atoms with Gasteiger partial charge in [0, 0.05) is 18.8 Å². The summed E-state index contributed by atoms with van der Waals surface area (Å²) in [6.45, 7) is 6.42. The van der Waals surface area contributed by atoms with Crippen molar-refractivity contribution in [3.63, 3.8) is 0 Å². The van der Waals surface area contributed by atoms with Crippen LogP contribution >= 0.6 is 0 Å². The highest BCUT2D eigenvalue weighted by Gasteiger charge is 2.14. The minimum absolute atomic E-state index is 0.617. The SMILES string of the molecule is CCCCc1nccn1CC(C)(C)O. The maximum atomic E-state index is 9.69.